The van der Waals surface area contributed by atoms with Crippen LogP contribution in [0.4, 0.5) is 0 Å². The van der Waals surface area contributed by atoms with Crippen molar-refractivity contribution in [3.05, 3.63) is 48.3 Å². The Balaban J connectivity index is 2.18. The fourth-order valence-corrected chi connectivity index (χ4v) is 2.14. The maximum atomic E-state index is 12.0. The molecule has 1 aromatic heterocycles. The first-order valence-corrected chi connectivity index (χ1v) is 6.76. The highest BCUT2D eigenvalue weighted by molar-refractivity contribution is 9.09. The molecule has 18 heavy (non-hydrogen) atoms. The smallest absolute Gasteiger partial charge is 0.256 e. The Hall–Kier alpha value is -1.62. The van der Waals surface area contributed by atoms with Gasteiger partial charge in [-0.15, -0.1) is 0 Å². The van der Waals surface area contributed by atoms with Crippen molar-refractivity contribution in [2.24, 2.45) is 0 Å². The van der Waals surface area contributed by atoms with E-state index in [0.29, 0.717) is 12.1 Å². The summed E-state index contributed by atoms with van der Waals surface area (Å²) in [6, 6.07) is 9.72. The predicted molar refractivity (Wildman–Crippen MR) is 74.3 cm³/mol. The maximum Gasteiger partial charge on any atom is 0.256 e. The molecular formula is C13H14BrN3O. The molecule has 4 nitrogen and oxygen atoms in total. The number of hydrogen-bond acceptors (Lipinski definition) is 2. The zero-order valence-electron chi connectivity index (χ0n) is 10.1. The van der Waals surface area contributed by atoms with Crippen LogP contribution in [-0.2, 0) is 0 Å². The number of carbonyl (C=O) groups is 1. The van der Waals surface area contributed by atoms with Crippen LogP contribution in [0.25, 0.3) is 5.69 Å². The molecule has 0 spiro atoms. The second-order valence-electron chi connectivity index (χ2n) is 3.92. The zero-order valence-corrected chi connectivity index (χ0v) is 11.7. The first kappa shape index (κ1) is 12.8. The number of hydrogen-bond donors (Lipinski definition) is 0. The molecule has 0 atom stereocenters. The fraction of sp³-hybridized carbons (Fsp3) is 0.231. The molecular weight excluding hydrogens is 294 g/mol. The van der Waals surface area contributed by atoms with Crippen LogP contribution >= 0.6 is 15.9 Å². The second kappa shape index (κ2) is 5.82. The number of rotatable bonds is 4. The highest BCUT2D eigenvalue weighted by atomic mass is 79.9. The molecule has 0 aliphatic heterocycles. The predicted octanol–water partition coefficient (Wildman–Crippen LogP) is 2.34. The van der Waals surface area contributed by atoms with Crippen molar-refractivity contribution in [3.63, 3.8) is 0 Å². The summed E-state index contributed by atoms with van der Waals surface area (Å²) in [7, 11) is 1.78. The number of halogens is 1. The van der Waals surface area contributed by atoms with E-state index in [1.807, 2.05) is 30.3 Å². The van der Waals surface area contributed by atoms with E-state index >= 15 is 0 Å². The first-order chi connectivity index (χ1) is 8.72. The molecule has 0 unspecified atom stereocenters. The Morgan fingerprint density at radius 2 is 2.11 bits per heavy atom. The minimum Gasteiger partial charge on any atom is -0.341 e. The summed E-state index contributed by atoms with van der Waals surface area (Å²) in [5.74, 6) is -0.0170. The van der Waals surface area contributed by atoms with E-state index in [1.165, 1.54) is 0 Å². The highest BCUT2D eigenvalue weighted by Gasteiger charge is 2.13. The van der Waals surface area contributed by atoms with Gasteiger partial charge in [0, 0.05) is 25.1 Å². The van der Waals surface area contributed by atoms with E-state index < -0.39 is 0 Å². The summed E-state index contributed by atoms with van der Waals surface area (Å²) < 4.78 is 1.70. The number of benzene rings is 1. The third-order valence-electron chi connectivity index (χ3n) is 2.62. The van der Waals surface area contributed by atoms with E-state index in [-0.39, 0.29) is 5.91 Å². The molecule has 0 saturated heterocycles. The van der Waals surface area contributed by atoms with Gasteiger partial charge in [-0.05, 0) is 12.1 Å². The molecule has 94 valence electrons. The van der Waals surface area contributed by atoms with Crippen molar-refractivity contribution in [1.29, 1.82) is 0 Å². The summed E-state index contributed by atoms with van der Waals surface area (Å²) >= 11 is 3.32. The van der Waals surface area contributed by atoms with E-state index in [0.717, 1.165) is 11.0 Å². The minimum absolute atomic E-state index is 0.0170. The van der Waals surface area contributed by atoms with Crippen molar-refractivity contribution in [3.8, 4) is 5.69 Å². The van der Waals surface area contributed by atoms with Crippen molar-refractivity contribution < 1.29 is 4.79 Å². The highest BCUT2D eigenvalue weighted by Crippen LogP contribution is 2.09. The molecule has 0 fully saturated rings. The third-order valence-corrected chi connectivity index (χ3v) is 2.97. The lowest BCUT2D eigenvalue weighted by Crippen LogP contribution is -2.28. The van der Waals surface area contributed by atoms with Crippen LogP contribution in [0.15, 0.2) is 42.7 Å². The lowest BCUT2D eigenvalue weighted by molar-refractivity contribution is 0.0804. The van der Waals surface area contributed by atoms with Crippen LogP contribution < -0.4 is 0 Å². The van der Waals surface area contributed by atoms with Crippen molar-refractivity contribution in [1.82, 2.24) is 14.7 Å². The molecule has 1 amide bonds. The third kappa shape index (κ3) is 2.79. The van der Waals surface area contributed by atoms with Gasteiger partial charge in [-0.2, -0.15) is 5.10 Å². The molecule has 2 aromatic rings. The Morgan fingerprint density at radius 3 is 2.78 bits per heavy atom. The number of nitrogens with zero attached hydrogens (tertiary/aromatic N) is 3. The van der Waals surface area contributed by atoms with Gasteiger partial charge in [-0.25, -0.2) is 4.68 Å². The van der Waals surface area contributed by atoms with Gasteiger partial charge in [0.25, 0.3) is 5.91 Å². The molecule has 0 bridgehead atoms. The average Bonchev–Trinajstić information content (AvgIpc) is 2.89. The van der Waals surface area contributed by atoms with Crippen molar-refractivity contribution in [2.75, 3.05) is 18.9 Å². The van der Waals surface area contributed by atoms with Crippen LogP contribution in [0.3, 0.4) is 0 Å². The molecule has 1 heterocycles. The standard InChI is InChI=1S/C13H14BrN3O/c1-16(8-7-14)13(18)11-9-15-17(10-11)12-5-3-2-4-6-12/h2-6,9-10H,7-8H2,1H3. The van der Waals surface area contributed by atoms with E-state index in [9.17, 15) is 4.79 Å². The number of aromatic nitrogens is 2. The lowest BCUT2D eigenvalue weighted by Gasteiger charge is -2.13. The van der Waals surface area contributed by atoms with Crippen LogP contribution in [0, 0.1) is 0 Å². The fourth-order valence-electron chi connectivity index (χ4n) is 1.60. The van der Waals surface area contributed by atoms with E-state index in [4.69, 9.17) is 0 Å². The Kier molecular flexibility index (Phi) is 4.15. The maximum absolute atomic E-state index is 12.0. The van der Waals surface area contributed by atoms with Gasteiger partial charge in [0.2, 0.25) is 0 Å². The molecule has 0 N–H and O–H groups in total. The van der Waals surface area contributed by atoms with Gasteiger partial charge in [-0.1, -0.05) is 34.1 Å². The summed E-state index contributed by atoms with van der Waals surface area (Å²) in [6.45, 7) is 0.676. The van der Waals surface area contributed by atoms with E-state index in [1.54, 1.807) is 29.0 Å². The Bertz CT molecular complexity index is 524. The normalized spacial score (nSPS) is 10.3. The summed E-state index contributed by atoms with van der Waals surface area (Å²) in [5, 5.41) is 4.97. The summed E-state index contributed by atoms with van der Waals surface area (Å²) in [6.07, 6.45) is 3.35. The van der Waals surface area contributed by atoms with Crippen molar-refractivity contribution in [2.45, 2.75) is 0 Å². The van der Waals surface area contributed by atoms with Gasteiger partial charge in [0.05, 0.1) is 17.4 Å². The zero-order chi connectivity index (χ0) is 13.0. The van der Waals surface area contributed by atoms with Gasteiger partial charge in [0.1, 0.15) is 0 Å². The lowest BCUT2D eigenvalue weighted by atomic mass is 10.3. The topological polar surface area (TPSA) is 38.1 Å². The van der Waals surface area contributed by atoms with Crippen LogP contribution in [0.5, 0.6) is 0 Å². The number of alkyl halides is 1. The van der Waals surface area contributed by atoms with Gasteiger partial charge in [0.15, 0.2) is 0 Å². The molecule has 1 aromatic carbocycles. The van der Waals surface area contributed by atoms with E-state index in [2.05, 4.69) is 21.0 Å². The first-order valence-electron chi connectivity index (χ1n) is 5.64. The van der Waals surface area contributed by atoms with Crippen molar-refractivity contribution >= 4 is 21.8 Å². The summed E-state index contributed by atoms with van der Waals surface area (Å²) in [4.78, 5) is 13.7. The SMILES string of the molecule is CN(CCBr)C(=O)c1cnn(-c2ccccc2)c1. The van der Waals surface area contributed by atoms with Crippen LogP contribution in [-0.4, -0.2) is 39.5 Å². The molecule has 2 rings (SSSR count). The molecule has 0 aliphatic rings. The second-order valence-corrected chi connectivity index (χ2v) is 4.72. The Labute approximate surface area is 114 Å². The number of carbonyl (C=O) groups excluding carboxylic acids is 1. The van der Waals surface area contributed by atoms with Gasteiger partial charge >= 0.3 is 0 Å². The number of amides is 1. The van der Waals surface area contributed by atoms with Gasteiger partial charge < -0.3 is 4.90 Å². The summed E-state index contributed by atoms with van der Waals surface area (Å²) in [5.41, 5.74) is 1.54. The quantitative estimate of drug-likeness (QED) is 0.813. The number of para-hydroxylation sites is 1. The molecule has 0 radical (unpaired) electrons. The average molecular weight is 308 g/mol. The minimum atomic E-state index is -0.0170. The van der Waals surface area contributed by atoms with Crippen LogP contribution in [0.1, 0.15) is 10.4 Å². The largest absolute Gasteiger partial charge is 0.341 e. The Morgan fingerprint density at radius 1 is 1.39 bits per heavy atom. The van der Waals surface area contributed by atoms with Crippen LogP contribution in [0.2, 0.25) is 0 Å². The molecule has 0 saturated carbocycles. The van der Waals surface area contributed by atoms with Gasteiger partial charge in [-0.3, -0.25) is 4.79 Å². The molecule has 5 heteroatoms. The molecule has 0 aliphatic carbocycles. The monoisotopic (exact) mass is 307 g/mol.